The van der Waals surface area contributed by atoms with Gasteiger partial charge in [-0.1, -0.05) is 11.6 Å². The number of fused-ring (bicyclic) bond motifs is 3. The third-order valence-electron chi connectivity index (χ3n) is 3.67. The van der Waals surface area contributed by atoms with Crippen molar-refractivity contribution in [1.29, 1.82) is 0 Å². The number of rotatable bonds is 2. The van der Waals surface area contributed by atoms with Crippen LogP contribution in [0.5, 0.6) is 0 Å². The van der Waals surface area contributed by atoms with Crippen molar-refractivity contribution >= 4 is 56.4 Å². The van der Waals surface area contributed by atoms with Gasteiger partial charge in [-0.15, -0.1) is 11.3 Å². The topological polar surface area (TPSA) is 63.6 Å². The minimum absolute atomic E-state index is 0.104. The number of anilines is 2. The molecular weight excluding hydrogens is 341 g/mol. The van der Waals surface area contributed by atoms with Crippen LogP contribution in [0.1, 0.15) is 23.3 Å². The molecule has 8 heteroatoms. The van der Waals surface area contributed by atoms with Gasteiger partial charge in [-0.25, -0.2) is 19.9 Å². The highest BCUT2D eigenvalue weighted by Gasteiger charge is 2.20. The molecule has 0 saturated heterocycles. The van der Waals surface area contributed by atoms with Gasteiger partial charge in [0, 0.05) is 10.9 Å². The van der Waals surface area contributed by atoms with Crippen molar-refractivity contribution in [3.63, 3.8) is 0 Å². The Balaban J connectivity index is 1.82. The van der Waals surface area contributed by atoms with Gasteiger partial charge in [-0.3, -0.25) is 0 Å². The predicted octanol–water partition coefficient (Wildman–Crippen LogP) is 4.41. The smallest absolute Gasteiger partial charge is 0.225 e. The van der Waals surface area contributed by atoms with Crippen molar-refractivity contribution < 1.29 is 0 Å². The summed E-state index contributed by atoms with van der Waals surface area (Å²) < 4.78 is 0. The zero-order chi connectivity index (χ0) is 15.1. The molecule has 0 unspecified atom stereocenters. The first-order chi connectivity index (χ1) is 10.7. The highest BCUT2D eigenvalue weighted by atomic mass is 35.5. The van der Waals surface area contributed by atoms with Gasteiger partial charge in [0.25, 0.3) is 0 Å². The highest BCUT2D eigenvalue weighted by Crippen LogP contribution is 2.38. The molecule has 0 bridgehead atoms. The van der Waals surface area contributed by atoms with Crippen LogP contribution in [0.3, 0.4) is 0 Å². The van der Waals surface area contributed by atoms with Gasteiger partial charge in [0.15, 0.2) is 0 Å². The molecule has 3 aromatic heterocycles. The second-order valence-electron chi connectivity index (χ2n) is 5.08. The van der Waals surface area contributed by atoms with Crippen molar-refractivity contribution in [2.24, 2.45) is 0 Å². The fraction of sp³-hybridized carbons (Fsp3) is 0.286. The summed E-state index contributed by atoms with van der Waals surface area (Å²) in [7, 11) is 0. The second-order valence-corrected chi connectivity index (χ2v) is 6.89. The minimum atomic E-state index is 0.104. The van der Waals surface area contributed by atoms with E-state index in [2.05, 4.69) is 25.3 Å². The Kier molecular flexibility index (Phi) is 3.60. The molecule has 0 aromatic carbocycles. The van der Waals surface area contributed by atoms with E-state index in [1.54, 1.807) is 23.7 Å². The zero-order valence-corrected chi connectivity index (χ0v) is 13.8. The summed E-state index contributed by atoms with van der Waals surface area (Å²) in [5, 5.41) is 4.69. The van der Waals surface area contributed by atoms with E-state index in [4.69, 9.17) is 23.2 Å². The van der Waals surface area contributed by atoms with Crippen LogP contribution in [-0.2, 0) is 12.8 Å². The van der Waals surface area contributed by atoms with Crippen molar-refractivity contribution in [1.82, 2.24) is 19.9 Å². The van der Waals surface area contributed by atoms with E-state index in [1.165, 1.54) is 23.3 Å². The molecule has 0 radical (unpaired) electrons. The maximum Gasteiger partial charge on any atom is 0.225 e. The summed E-state index contributed by atoms with van der Waals surface area (Å²) in [6.45, 7) is 0. The molecule has 1 aliphatic carbocycles. The van der Waals surface area contributed by atoms with Crippen molar-refractivity contribution in [2.75, 3.05) is 5.32 Å². The lowest BCUT2D eigenvalue weighted by Gasteiger charge is -2.12. The van der Waals surface area contributed by atoms with Gasteiger partial charge >= 0.3 is 0 Å². The van der Waals surface area contributed by atoms with Gasteiger partial charge < -0.3 is 5.32 Å². The molecule has 1 aliphatic rings. The van der Waals surface area contributed by atoms with E-state index in [0.29, 0.717) is 11.0 Å². The molecule has 3 aromatic rings. The lowest BCUT2D eigenvalue weighted by Crippen LogP contribution is -2.02. The fourth-order valence-corrected chi connectivity index (χ4v) is 4.40. The Labute approximate surface area is 140 Å². The van der Waals surface area contributed by atoms with Crippen LogP contribution in [0.15, 0.2) is 12.4 Å². The van der Waals surface area contributed by atoms with Gasteiger partial charge in [0.1, 0.15) is 27.9 Å². The first kappa shape index (κ1) is 14.1. The summed E-state index contributed by atoms with van der Waals surface area (Å²) in [6.07, 6.45) is 6.21. The molecule has 0 aliphatic heterocycles. The first-order valence-electron chi connectivity index (χ1n) is 6.93. The number of nitrogens with one attached hydrogen (secondary N) is 1. The average molecular weight is 352 g/mol. The monoisotopic (exact) mass is 351 g/mol. The number of aromatic nitrogens is 4. The van der Waals surface area contributed by atoms with E-state index in [-0.39, 0.29) is 5.28 Å². The molecule has 22 heavy (non-hydrogen) atoms. The summed E-state index contributed by atoms with van der Waals surface area (Å²) in [6, 6.07) is 1.63. The molecule has 0 amide bonds. The lowest BCUT2D eigenvalue weighted by atomic mass is 9.97. The number of thiophene rings is 1. The Morgan fingerprint density at radius 1 is 1.09 bits per heavy atom. The molecular formula is C14H11Cl2N5S. The number of aryl methyl sites for hydroxylation is 2. The van der Waals surface area contributed by atoms with Crippen LogP contribution >= 0.6 is 34.5 Å². The third kappa shape index (κ3) is 2.51. The van der Waals surface area contributed by atoms with Crippen molar-refractivity contribution in [2.45, 2.75) is 25.7 Å². The Morgan fingerprint density at radius 2 is 1.95 bits per heavy atom. The Bertz CT molecular complexity index is 844. The van der Waals surface area contributed by atoms with E-state index in [1.807, 2.05) is 0 Å². The average Bonchev–Trinajstić information content (AvgIpc) is 2.85. The number of halogens is 2. The summed E-state index contributed by atoms with van der Waals surface area (Å²) in [5.74, 6) is 1.27. The number of nitrogens with zero attached hydrogens (tertiary/aromatic N) is 4. The molecule has 1 N–H and O–H groups in total. The van der Waals surface area contributed by atoms with Crippen LogP contribution < -0.4 is 5.32 Å². The van der Waals surface area contributed by atoms with E-state index >= 15 is 0 Å². The zero-order valence-electron chi connectivity index (χ0n) is 11.4. The van der Waals surface area contributed by atoms with Gasteiger partial charge in [0.05, 0.1) is 5.39 Å². The standard InChI is InChI=1S/C14H11Cl2N5S/c15-9-5-10(21-14(16)19-9)20-12-11-7-3-1-2-4-8(7)22-13(11)18-6-17-12/h5-6H,1-4H2,(H,17,18,19,20,21). The maximum atomic E-state index is 5.92. The lowest BCUT2D eigenvalue weighted by molar-refractivity contribution is 0.700. The molecule has 0 fully saturated rings. The molecule has 0 spiro atoms. The van der Waals surface area contributed by atoms with Gasteiger partial charge in [0.2, 0.25) is 5.28 Å². The largest absolute Gasteiger partial charge is 0.324 e. The van der Waals surface area contributed by atoms with Crippen LogP contribution in [0.25, 0.3) is 10.2 Å². The van der Waals surface area contributed by atoms with Crippen LogP contribution in [0.4, 0.5) is 11.6 Å². The Morgan fingerprint density at radius 3 is 2.82 bits per heavy atom. The third-order valence-corrected chi connectivity index (χ3v) is 5.23. The van der Waals surface area contributed by atoms with E-state index < -0.39 is 0 Å². The highest BCUT2D eigenvalue weighted by molar-refractivity contribution is 7.19. The van der Waals surface area contributed by atoms with Gasteiger partial charge in [-0.05, 0) is 42.8 Å². The SMILES string of the molecule is Clc1cc(Nc2ncnc3sc4c(c23)CCCC4)nc(Cl)n1. The summed E-state index contributed by atoms with van der Waals surface area (Å²) >= 11 is 13.5. The molecule has 0 saturated carbocycles. The maximum absolute atomic E-state index is 5.92. The normalized spacial score (nSPS) is 14.1. The predicted molar refractivity (Wildman–Crippen MR) is 89.4 cm³/mol. The second kappa shape index (κ2) is 5.61. The molecule has 3 heterocycles. The molecule has 4 rings (SSSR count). The quantitative estimate of drug-likeness (QED) is 0.547. The van der Waals surface area contributed by atoms with E-state index in [9.17, 15) is 0 Å². The number of hydrogen-bond acceptors (Lipinski definition) is 6. The van der Waals surface area contributed by atoms with E-state index in [0.717, 1.165) is 28.9 Å². The first-order valence-corrected chi connectivity index (χ1v) is 8.50. The molecule has 112 valence electrons. The van der Waals surface area contributed by atoms with Crippen LogP contribution in [0, 0.1) is 0 Å². The fourth-order valence-electron chi connectivity index (χ4n) is 2.76. The number of hydrogen-bond donors (Lipinski definition) is 1. The van der Waals surface area contributed by atoms with Gasteiger partial charge in [-0.2, -0.15) is 0 Å². The van der Waals surface area contributed by atoms with Crippen LogP contribution in [-0.4, -0.2) is 19.9 Å². The molecule has 5 nitrogen and oxygen atoms in total. The minimum Gasteiger partial charge on any atom is -0.324 e. The van der Waals surface area contributed by atoms with Crippen LogP contribution in [0.2, 0.25) is 10.4 Å². The Hall–Kier alpha value is -1.50. The summed E-state index contributed by atoms with van der Waals surface area (Å²) in [5.41, 5.74) is 1.36. The van der Waals surface area contributed by atoms with Crippen molar-refractivity contribution in [3.05, 3.63) is 33.3 Å². The molecule has 0 atom stereocenters. The van der Waals surface area contributed by atoms with Crippen molar-refractivity contribution in [3.8, 4) is 0 Å². The summed E-state index contributed by atoms with van der Waals surface area (Å²) in [4.78, 5) is 19.2.